The normalized spacial score (nSPS) is 20.6. The average molecular weight is 236 g/mol. The molecule has 1 fully saturated rings. The molecule has 2 rings (SSSR count). The molecule has 1 atom stereocenters. The van der Waals surface area contributed by atoms with Gasteiger partial charge in [0.15, 0.2) is 0 Å². The third kappa shape index (κ3) is 3.32. The third-order valence-electron chi connectivity index (χ3n) is 3.71. The lowest BCUT2D eigenvalue weighted by molar-refractivity contribution is 0.0494. The van der Waals surface area contributed by atoms with Crippen LogP contribution in [0.1, 0.15) is 64.1 Å². The van der Waals surface area contributed by atoms with Crippen molar-refractivity contribution in [3.8, 4) is 0 Å². The summed E-state index contributed by atoms with van der Waals surface area (Å²) in [5, 5.41) is 14.8. The molecule has 1 aromatic rings. The molecule has 1 unspecified atom stereocenters. The van der Waals surface area contributed by atoms with Gasteiger partial charge >= 0.3 is 0 Å². The molecule has 0 spiro atoms. The van der Waals surface area contributed by atoms with Gasteiger partial charge in [0.25, 0.3) is 0 Å². The van der Waals surface area contributed by atoms with Gasteiger partial charge in [-0.05, 0) is 32.3 Å². The first-order chi connectivity index (χ1) is 8.11. The van der Waals surface area contributed by atoms with Crippen molar-refractivity contribution in [1.29, 1.82) is 0 Å². The number of rotatable bonds is 5. The van der Waals surface area contributed by atoms with Crippen molar-refractivity contribution in [3.63, 3.8) is 0 Å². The topological polar surface area (TPSA) is 38.0 Å². The first-order valence-electron chi connectivity index (χ1n) is 6.87. The van der Waals surface area contributed by atoms with Crippen LogP contribution in [0.3, 0.4) is 0 Å². The van der Waals surface area contributed by atoms with Crippen LogP contribution in [0.15, 0.2) is 12.3 Å². The zero-order chi connectivity index (χ0) is 12.3. The molecule has 17 heavy (non-hydrogen) atoms. The summed E-state index contributed by atoms with van der Waals surface area (Å²) in [6.07, 6.45) is 9.76. The number of aliphatic hydroxyl groups is 1. The predicted molar refractivity (Wildman–Crippen MR) is 69.0 cm³/mol. The maximum atomic E-state index is 10.2. The number of nitrogens with zero attached hydrogens (tertiary/aromatic N) is 2. The SMILES string of the molecule is CCCC(C)(O)Cc1ccn(C2CCCC2)n1. The molecule has 0 bridgehead atoms. The van der Waals surface area contributed by atoms with Crippen LogP contribution in [-0.4, -0.2) is 20.5 Å². The molecule has 1 saturated carbocycles. The lowest BCUT2D eigenvalue weighted by Gasteiger charge is -2.21. The van der Waals surface area contributed by atoms with Crippen molar-refractivity contribution in [2.75, 3.05) is 0 Å². The number of hydrogen-bond donors (Lipinski definition) is 1. The molecule has 3 heteroatoms. The van der Waals surface area contributed by atoms with Crippen molar-refractivity contribution >= 4 is 0 Å². The molecule has 1 aliphatic carbocycles. The molecule has 0 saturated heterocycles. The summed E-state index contributed by atoms with van der Waals surface area (Å²) in [4.78, 5) is 0. The molecule has 1 aliphatic rings. The van der Waals surface area contributed by atoms with Crippen LogP contribution < -0.4 is 0 Å². The Bertz CT molecular complexity index is 351. The van der Waals surface area contributed by atoms with Crippen molar-refractivity contribution in [3.05, 3.63) is 18.0 Å². The Morgan fingerprint density at radius 1 is 1.47 bits per heavy atom. The fourth-order valence-electron chi connectivity index (χ4n) is 2.86. The van der Waals surface area contributed by atoms with E-state index in [4.69, 9.17) is 0 Å². The number of aromatic nitrogens is 2. The van der Waals surface area contributed by atoms with E-state index in [0.717, 1.165) is 18.5 Å². The van der Waals surface area contributed by atoms with E-state index in [2.05, 4.69) is 29.0 Å². The monoisotopic (exact) mass is 236 g/mol. The van der Waals surface area contributed by atoms with Crippen molar-refractivity contribution in [2.24, 2.45) is 0 Å². The summed E-state index contributed by atoms with van der Waals surface area (Å²) in [5.74, 6) is 0. The van der Waals surface area contributed by atoms with E-state index in [1.54, 1.807) is 0 Å². The maximum absolute atomic E-state index is 10.2. The molecule has 0 amide bonds. The fourth-order valence-corrected chi connectivity index (χ4v) is 2.86. The zero-order valence-electron chi connectivity index (χ0n) is 11.0. The lowest BCUT2D eigenvalue weighted by atomic mass is 9.95. The minimum atomic E-state index is -0.608. The van der Waals surface area contributed by atoms with E-state index in [1.807, 2.05) is 6.92 Å². The highest BCUT2D eigenvalue weighted by molar-refractivity contribution is 5.04. The van der Waals surface area contributed by atoms with Crippen molar-refractivity contribution in [1.82, 2.24) is 9.78 Å². The van der Waals surface area contributed by atoms with Gasteiger partial charge in [-0.1, -0.05) is 26.2 Å². The molecule has 1 aromatic heterocycles. The molecule has 1 N–H and O–H groups in total. The van der Waals surface area contributed by atoms with Crippen LogP contribution in [0.2, 0.25) is 0 Å². The van der Waals surface area contributed by atoms with Gasteiger partial charge in [0.2, 0.25) is 0 Å². The summed E-state index contributed by atoms with van der Waals surface area (Å²) in [6.45, 7) is 4.01. The van der Waals surface area contributed by atoms with Gasteiger partial charge in [0.1, 0.15) is 0 Å². The van der Waals surface area contributed by atoms with Crippen LogP contribution in [0.5, 0.6) is 0 Å². The first kappa shape index (κ1) is 12.6. The van der Waals surface area contributed by atoms with Crippen LogP contribution in [-0.2, 0) is 6.42 Å². The van der Waals surface area contributed by atoms with Crippen LogP contribution in [0.4, 0.5) is 0 Å². The highest BCUT2D eigenvalue weighted by atomic mass is 16.3. The van der Waals surface area contributed by atoms with Gasteiger partial charge in [0.05, 0.1) is 17.3 Å². The van der Waals surface area contributed by atoms with Crippen LogP contribution in [0, 0.1) is 0 Å². The quantitative estimate of drug-likeness (QED) is 0.853. The molecule has 96 valence electrons. The van der Waals surface area contributed by atoms with Gasteiger partial charge in [-0.15, -0.1) is 0 Å². The molecular formula is C14H24N2O. The molecule has 0 aromatic carbocycles. The van der Waals surface area contributed by atoms with Crippen LogP contribution >= 0.6 is 0 Å². The summed E-state index contributed by atoms with van der Waals surface area (Å²) in [5.41, 5.74) is 0.416. The Balaban J connectivity index is 1.98. The Labute approximate surface area is 104 Å². The minimum absolute atomic E-state index is 0.597. The second kappa shape index (κ2) is 5.21. The average Bonchev–Trinajstić information content (AvgIpc) is 2.85. The van der Waals surface area contributed by atoms with Gasteiger partial charge < -0.3 is 5.11 Å². The summed E-state index contributed by atoms with van der Waals surface area (Å²) < 4.78 is 2.10. The van der Waals surface area contributed by atoms with E-state index in [9.17, 15) is 5.11 Å². The third-order valence-corrected chi connectivity index (χ3v) is 3.71. The summed E-state index contributed by atoms with van der Waals surface area (Å²) in [7, 11) is 0. The van der Waals surface area contributed by atoms with Gasteiger partial charge in [-0.3, -0.25) is 4.68 Å². The fraction of sp³-hybridized carbons (Fsp3) is 0.786. The van der Waals surface area contributed by atoms with Crippen molar-refractivity contribution in [2.45, 2.75) is 70.4 Å². The molecule has 0 aliphatic heterocycles. The highest BCUT2D eigenvalue weighted by Gasteiger charge is 2.22. The number of hydrogen-bond acceptors (Lipinski definition) is 2. The summed E-state index contributed by atoms with van der Waals surface area (Å²) >= 11 is 0. The standard InChI is InChI=1S/C14H24N2O/c1-3-9-14(2,17)11-12-8-10-16(15-12)13-6-4-5-7-13/h8,10,13,17H,3-7,9,11H2,1-2H3. The van der Waals surface area contributed by atoms with Gasteiger partial charge in [0, 0.05) is 12.6 Å². The molecular weight excluding hydrogens is 212 g/mol. The Kier molecular flexibility index (Phi) is 3.87. The largest absolute Gasteiger partial charge is 0.390 e. The van der Waals surface area contributed by atoms with Gasteiger partial charge in [-0.25, -0.2) is 0 Å². The van der Waals surface area contributed by atoms with E-state index >= 15 is 0 Å². The van der Waals surface area contributed by atoms with E-state index < -0.39 is 5.60 Å². The smallest absolute Gasteiger partial charge is 0.0675 e. The van der Waals surface area contributed by atoms with Crippen LogP contribution in [0.25, 0.3) is 0 Å². The van der Waals surface area contributed by atoms with Gasteiger partial charge in [-0.2, -0.15) is 5.10 Å². The maximum Gasteiger partial charge on any atom is 0.0675 e. The lowest BCUT2D eigenvalue weighted by Crippen LogP contribution is -2.27. The Morgan fingerprint density at radius 2 is 2.18 bits per heavy atom. The predicted octanol–water partition coefficient (Wildman–Crippen LogP) is 3.09. The minimum Gasteiger partial charge on any atom is -0.390 e. The van der Waals surface area contributed by atoms with Crippen molar-refractivity contribution < 1.29 is 5.11 Å². The molecule has 3 nitrogen and oxygen atoms in total. The van der Waals surface area contributed by atoms with E-state index in [1.165, 1.54) is 25.7 Å². The first-order valence-corrected chi connectivity index (χ1v) is 6.87. The second-order valence-electron chi connectivity index (χ2n) is 5.65. The Hall–Kier alpha value is -0.830. The second-order valence-corrected chi connectivity index (χ2v) is 5.65. The highest BCUT2D eigenvalue weighted by Crippen LogP contribution is 2.29. The van der Waals surface area contributed by atoms with E-state index in [-0.39, 0.29) is 0 Å². The Morgan fingerprint density at radius 3 is 2.82 bits per heavy atom. The summed E-state index contributed by atoms with van der Waals surface area (Å²) in [6, 6.07) is 2.66. The van der Waals surface area contributed by atoms with E-state index in [0.29, 0.717) is 12.5 Å². The molecule has 0 radical (unpaired) electrons. The zero-order valence-corrected chi connectivity index (χ0v) is 11.0. The molecule has 1 heterocycles.